The number of nitrogens with one attached hydrogen (secondary N) is 1. The van der Waals surface area contributed by atoms with Gasteiger partial charge in [-0.2, -0.15) is 0 Å². The lowest BCUT2D eigenvalue weighted by Gasteiger charge is -2.35. The number of hydrogen-bond donors (Lipinski definition) is 1. The van der Waals surface area contributed by atoms with Crippen LogP contribution in [0.25, 0.3) is 0 Å². The quantitative estimate of drug-likeness (QED) is 0.624. The third kappa shape index (κ3) is 6.07. The molecule has 182 valence electrons. The molecular formula is C23H32ClN3O5S. The van der Waals surface area contributed by atoms with Gasteiger partial charge in [-0.1, -0.05) is 24.4 Å². The standard InChI is InChI=1S/C23H32ClN3O5S/c24-20-8-7-18(15-21(20)33(30,31)25-16-19-6-3-13-32-19)23(29)27-11-9-26(10-12-27)22(28)14-17-4-1-2-5-17/h7-8,15,17,19,25H,1-6,9-14,16H2. The highest BCUT2D eigenvalue weighted by molar-refractivity contribution is 7.89. The molecule has 1 aromatic carbocycles. The smallest absolute Gasteiger partial charge is 0.254 e. The molecule has 33 heavy (non-hydrogen) atoms. The van der Waals surface area contributed by atoms with E-state index in [1.807, 2.05) is 4.90 Å². The van der Waals surface area contributed by atoms with Crippen molar-refractivity contribution in [2.75, 3.05) is 39.3 Å². The third-order valence-corrected chi connectivity index (χ3v) is 8.76. The number of rotatable bonds is 7. The molecule has 1 atom stereocenters. The van der Waals surface area contributed by atoms with E-state index in [4.69, 9.17) is 16.3 Å². The molecule has 3 fully saturated rings. The lowest BCUT2D eigenvalue weighted by molar-refractivity contribution is -0.133. The molecule has 2 heterocycles. The highest BCUT2D eigenvalue weighted by Crippen LogP contribution is 2.28. The second kappa shape index (κ2) is 10.7. The van der Waals surface area contributed by atoms with Crippen molar-refractivity contribution in [3.8, 4) is 0 Å². The van der Waals surface area contributed by atoms with Crippen LogP contribution in [0.5, 0.6) is 0 Å². The first-order valence-electron chi connectivity index (χ1n) is 11.8. The predicted octanol–water partition coefficient (Wildman–Crippen LogP) is 2.66. The van der Waals surface area contributed by atoms with Gasteiger partial charge in [-0.3, -0.25) is 9.59 Å². The van der Waals surface area contributed by atoms with Crippen LogP contribution >= 0.6 is 11.6 Å². The van der Waals surface area contributed by atoms with Crippen LogP contribution in [0.3, 0.4) is 0 Å². The van der Waals surface area contributed by atoms with Gasteiger partial charge in [0.1, 0.15) is 4.90 Å². The van der Waals surface area contributed by atoms with Gasteiger partial charge in [-0.25, -0.2) is 13.1 Å². The average Bonchev–Trinajstić information content (AvgIpc) is 3.52. The first kappa shape index (κ1) is 24.4. The molecule has 1 aliphatic carbocycles. The minimum absolute atomic E-state index is 0.0636. The zero-order chi connectivity index (χ0) is 23.4. The Hall–Kier alpha value is -1.68. The van der Waals surface area contributed by atoms with Crippen molar-refractivity contribution in [3.63, 3.8) is 0 Å². The van der Waals surface area contributed by atoms with Crippen molar-refractivity contribution in [2.45, 2.75) is 55.9 Å². The normalized spacial score (nSPS) is 22.2. The number of piperazine rings is 1. The minimum atomic E-state index is -3.88. The topological polar surface area (TPSA) is 96.0 Å². The number of ether oxygens (including phenoxy) is 1. The molecule has 0 spiro atoms. The van der Waals surface area contributed by atoms with Gasteiger partial charge >= 0.3 is 0 Å². The SMILES string of the molecule is O=C(CC1CCCC1)N1CCN(C(=O)c2ccc(Cl)c(S(=O)(=O)NCC3CCCO3)c2)CC1. The average molecular weight is 498 g/mol. The number of hydrogen-bond acceptors (Lipinski definition) is 5. The van der Waals surface area contributed by atoms with Crippen molar-refractivity contribution in [3.05, 3.63) is 28.8 Å². The molecule has 1 N–H and O–H groups in total. The highest BCUT2D eigenvalue weighted by Gasteiger charge is 2.29. The summed E-state index contributed by atoms with van der Waals surface area (Å²) in [5.74, 6) is 0.414. The van der Waals surface area contributed by atoms with E-state index >= 15 is 0 Å². The molecule has 0 aromatic heterocycles. The third-order valence-electron chi connectivity index (χ3n) is 6.85. The van der Waals surface area contributed by atoms with E-state index in [2.05, 4.69) is 4.72 Å². The molecular weight excluding hydrogens is 466 g/mol. The fraction of sp³-hybridized carbons (Fsp3) is 0.652. The fourth-order valence-electron chi connectivity index (χ4n) is 4.86. The van der Waals surface area contributed by atoms with Gasteiger partial charge in [0.05, 0.1) is 11.1 Å². The van der Waals surface area contributed by atoms with E-state index in [9.17, 15) is 18.0 Å². The number of carbonyl (C=O) groups is 2. The molecule has 2 saturated heterocycles. The molecule has 8 nitrogen and oxygen atoms in total. The van der Waals surface area contributed by atoms with Crippen LogP contribution in [0, 0.1) is 5.92 Å². The molecule has 1 aromatic rings. The summed E-state index contributed by atoms with van der Waals surface area (Å²) in [6.07, 6.45) is 6.87. The Balaban J connectivity index is 1.36. The minimum Gasteiger partial charge on any atom is -0.377 e. The van der Waals surface area contributed by atoms with Gasteiger partial charge in [0, 0.05) is 51.3 Å². The lowest BCUT2D eigenvalue weighted by atomic mass is 10.0. The molecule has 0 radical (unpaired) electrons. The second-order valence-corrected chi connectivity index (χ2v) is 11.3. The number of amides is 2. The Morgan fingerprint density at radius 2 is 1.73 bits per heavy atom. The van der Waals surface area contributed by atoms with Crippen LogP contribution in [0.1, 0.15) is 55.3 Å². The summed E-state index contributed by atoms with van der Waals surface area (Å²) in [7, 11) is -3.88. The monoisotopic (exact) mass is 497 g/mol. The zero-order valence-electron chi connectivity index (χ0n) is 18.8. The van der Waals surface area contributed by atoms with Crippen molar-refractivity contribution in [2.24, 2.45) is 5.92 Å². The van der Waals surface area contributed by atoms with E-state index in [1.54, 1.807) is 11.0 Å². The molecule has 1 unspecified atom stereocenters. The van der Waals surface area contributed by atoms with Crippen molar-refractivity contribution < 1.29 is 22.7 Å². The summed E-state index contributed by atoms with van der Waals surface area (Å²) in [6.45, 7) is 2.66. The predicted molar refractivity (Wildman–Crippen MR) is 125 cm³/mol. The van der Waals surface area contributed by atoms with Crippen molar-refractivity contribution >= 4 is 33.4 Å². The second-order valence-electron chi connectivity index (χ2n) is 9.16. The van der Waals surface area contributed by atoms with Gasteiger partial charge in [0.25, 0.3) is 5.91 Å². The summed E-state index contributed by atoms with van der Waals surface area (Å²) in [6, 6.07) is 4.32. The highest BCUT2D eigenvalue weighted by atomic mass is 35.5. The number of sulfonamides is 1. The number of benzene rings is 1. The molecule has 3 aliphatic rings. The maximum atomic E-state index is 13.1. The molecule has 4 rings (SSSR count). The fourth-order valence-corrected chi connectivity index (χ4v) is 6.45. The summed E-state index contributed by atoms with van der Waals surface area (Å²) in [5.41, 5.74) is 0.266. The maximum absolute atomic E-state index is 13.1. The van der Waals surface area contributed by atoms with E-state index in [0.29, 0.717) is 45.1 Å². The Kier molecular flexibility index (Phi) is 7.94. The number of halogens is 1. The van der Waals surface area contributed by atoms with E-state index in [0.717, 1.165) is 25.7 Å². The van der Waals surface area contributed by atoms with Crippen LogP contribution in [0.4, 0.5) is 0 Å². The van der Waals surface area contributed by atoms with E-state index < -0.39 is 10.0 Å². The molecule has 2 amide bonds. The molecule has 10 heteroatoms. The molecule has 1 saturated carbocycles. The number of carbonyl (C=O) groups excluding carboxylic acids is 2. The van der Waals surface area contributed by atoms with Crippen molar-refractivity contribution in [1.29, 1.82) is 0 Å². The summed E-state index contributed by atoms with van der Waals surface area (Å²) in [4.78, 5) is 29.0. The Labute approximate surface area is 200 Å². The summed E-state index contributed by atoms with van der Waals surface area (Å²) < 4.78 is 33.6. The van der Waals surface area contributed by atoms with Crippen LogP contribution < -0.4 is 4.72 Å². The maximum Gasteiger partial charge on any atom is 0.254 e. The Morgan fingerprint density at radius 1 is 1.03 bits per heavy atom. The first-order chi connectivity index (χ1) is 15.8. The lowest BCUT2D eigenvalue weighted by Crippen LogP contribution is -2.50. The zero-order valence-corrected chi connectivity index (χ0v) is 20.4. The Morgan fingerprint density at radius 3 is 2.39 bits per heavy atom. The van der Waals surface area contributed by atoms with Crippen molar-refractivity contribution in [1.82, 2.24) is 14.5 Å². The van der Waals surface area contributed by atoms with Gasteiger partial charge in [-0.15, -0.1) is 0 Å². The first-order valence-corrected chi connectivity index (χ1v) is 13.7. The molecule has 2 aliphatic heterocycles. The van der Waals surface area contributed by atoms with Crippen LogP contribution in [0.2, 0.25) is 5.02 Å². The van der Waals surface area contributed by atoms with Gasteiger partial charge < -0.3 is 14.5 Å². The largest absolute Gasteiger partial charge is 0.377 e. The van der Waals surface area contributed by atoms with Crippen LogP contribution in [0.15, 0.2) is 23.1 Å². The summed E-state index contributed by atoms with van der Waals surface area (Å²) in [5, 5.41) is 0.0636. The summed E-state index contributed by atoms with van der Waals surface area (Å²) >= 11 is 6.17. The van der Waals surface area contributed by atoms with E-state index in [1.165, 1.54) is 25.0 Å². The van der Waals surface area contributed by atoms with E-state index in [-0.39, 0.29) is 39.9 Å². The van der Waals surface area contributed by atoms with Crippen LogP contribution in [-0.2, 0) is 19.6 Å². The van der Waals surface area contributed by atoms with Gasteiger partial charge in [0.15, 0.2) is 0 Å². The van der Waals surface area contributed by atoms with Gasteiger partial charge in [-0.05, 0) is 49.8 Å². The van der Waals surface area contributed by atoms with Gasteiger partial charge in [0.2, 0.25) is 15.9 Å². The molecule has 0 bridgehead atoms. The Bertz CT molecular complexity index is 966. The van der Waals surface area contributed by atoms with Crippen LogP contribution in [-0.4, -0.2) is 75.5 Å². The number of nitrogens with zero attached hydrogens (tertiary/aromatic N) is 2.